The number of ether oxygens (including phenoxy) is 2. The predicted octanol–water partition coefficient (Wildman–Crippen LogP) is 8.65. The number of carbonyl (C=O) groups excluding carboxylic acids is 4. The molecule has 2 N–H and O–H groups in total. The van der Waals surface area contributed by atoms with Gasteiger partial charge in [-0.1, -0.05) is 72.8 Å². The molecule has 5 aromatic rings. The van der Waals surface area contributed by atoms with Crippen molar-refractivity contribution in [3.63, 3.8) is 0 Å². The van der Waals surface area contributed by atoms with Gasteiger partial charge in [0.25, 0.3) is 43.6 Å². The minimum absolute atomic E-state index is 0.0649. The summed E-state index contributed by atoms with van der Waals surface area (Å²) in [5.41, 5.74) is -1.76. The van der Waals surface area contributed by atoms with Crippen LogP contribution in [0.4, 0.5) is 32.3 Å². The van der Waals surface area contributed by atoms with Crippen LogP contribution in [0.3, 0.4) is 0 Å². The van der Waals surface area contributed by atoms with Gasteiger partial charge in [-0.3, -0.25) is 54.9 Å². The number of nitrogens with one attached hydrogen (secondary N) is 2. The Morgan fingerprint density at radius 3 is 1.34 bits per heavy atom. The Kier molecular flexibility index (Phi) is 20.5. The first-order valence-electron chi connectivity index (χ1n) is 22.8. The predicted molar refractivity (Wildman–Crippen MR) is 278 cm³/mol. The lowest BCUT2D eigenvalue weighted by atomic mass is 10.0. The highest BCUT2D eigenvalue weighted by Crippen LogP contribution is 2.32. The van der Waals surface area contributed by atoms with Crippen molar-refractivity contribution in [1.29, 1.82) is 0 Å². The van der Waals surface area contributed by atoms with Crippen LogP contribution in [-0.2, 0) is 41.2 Å². The molecule has 0 fully saturated rings. The molecule has 0 saturated heterocycles. The smallest absolute Gasteiger partial charge is 0.407 e. The fourth-order valence-corrected chi connectivity index (χ4v) is 9.71. The molecule has 77 heavy (non-hydrogen) atoms. The van der Waals surface area contributed by atoms with E-state index in [-0.39, 0.29) is 24.8 Å². The van der Waals surface area contributed by atoms with E-state index in [2.05, 4.69) is 10.6 Å². The highest BCUT2D eigenvalue weighted by molar-refractivity contribution is 8.13. The molecule has 1 aliphatic rings. The third-order valence-corrected chi connectivity index (χ3v) is 13.6. The number of hydrogen-bond donors (Lipinski definition) is 2. The number of sulfone groups is 1. The summed E-state index contributed by atoms with van der Waals surface area (Å²) in [6.07, 6.45) is -0.594. The van der Waals surface area contributed by atoms with Gasteiger partial charge in [0.15, 0.2) is 14.7 Å². The number of hydrogen-bond acceptors (Lipinski definition) is 18. The number of rotatable bonds is 17. The molecule has 2 atom stereocenters. The van der Waals surface area contributed by atoms with Crippen molar-refractivity contribution in [2.24, 2.45) is 0 Å². The SMILES string of the molecule is CC(C)(C)OC(=O)N[C@@H](Cc1ccccc1)CN1C(=O)c2ccccc2C1=O.CC(C)(C)OC(=O)N[C@H](CCS(=O)(=O)c1ccc([N+](=O)[O-])cc1[N+](=O)[O-])Cc1ccccc1.O=[N+]([O-])c1ccc(S(=O)(=O)Cl)c([N+](=O)[O-])c1. The summed E-state index contributed by atoms with van der Waals surface area (Å²) in [4.78, 5) is 89.0. The molecule has 25 nitrogen and oxygen atoms in total. The first-order valence-corrected chi connectivity index (χ1v) is 26.8. The normalized spacial score (nSPS) is 13.0. The van der Waals surface area contributed by atoms with E-state index in [0.717, 1.165) is 35.4 Å². The summed E-state index contributed by atoms with van der Waals surface area (Å²) in [6.45, 7) is 10.5. The number of nitro benzene ring substituents is 4. The van der Waals surface area contributed by atoms with Crippen molar-refractivity contribution in [2.75, 3.05) is 12.3 Å². The molecule has 0 bridgehead atoms. The Labute approximate surface area is 445 Å². The van der Waals surface area contributed by atoms with Gasteiger partial charge in [0.05, 0.1) is 61.3 Å². The molecular weight excluding hydrogens is 1070 g/mol. The van der Waals surface area contributed by atoms with Gasteiger partial charge < -0.3 is 20.1 Å². The van der Waals surface area contributed by atoms with Gasteiger partial charge in [-0.15, -0.1) is 0 Å². The monoisotopic (exact) mass is 1130 g/mol. The number of carbonyl (C=O) groups is 4. The Bertz CT molecular complexity index is 3230. The number of alkyl carbamates (subject to hydrolysis) is 2. The van der Waals surface area contributed by atoms with Gasteiger partial charge in [-0.05, 0) is 96.2 Å². The highest BCUT2D eigenvalue weighted by atomic mass is 35.7. The van der Waals surface area contributed by atoms with Gasteiger partial charge in [-0.25, -0.2) is 26.4 Å². The molecule has 1 heterocycles. The van der Waals surface area contributed by atoms with E-state index >= 15 is 0 Å². The lowest BCUT2D eigenvalue weighted by Crippen LogP contribution is -2.48. The van der Waals surface area contributed by atoms with Crippen LogP contribution in [0.1, 0.15) is 79.8 Å². The van der Waals surface area contributed by atoms with E-state index in [1.54, 1.807) is 77.9 Å². The average Bonchev–Trinajstić information content (AvgIpc) is 3.57. The maximum atomic E-state index is 12.9. The van der Waals surface area contributed by atoms with Gasteiger partial charge in [0, 0.05) is 28.9 Å². The summed E-state index contributed by atoms with van der Waals surface area (Å²) < 4.78 is 58.2. The van der Waals surface area contributed by atoms with E-state index in [9.17, 15) is 76.5 Å². The van der Waals surface area contributed by atoms with Gasteiger partial charge in [0.2, 0.25) is 0 Å². The lowest BCUT2D eigenvalue weighted by Gasteiger charge is -2.26. The van der Waals surface area contributed by atoms with E-state index < -0.39 is 112 Å². The van der Waals surface area contributed by atoms with Gasteiger partial charge >= 0.3 is 12.2 Å². The zero-order valence-electron chi connectivity index (χ0n) is 42.0. The third-order valence-electron chi connectivity index (χ3n) is 10.4. The minimum Gasteiger partial charge on any atom is -0.444 e. The van der Waals surface area contributed by atoms with Crippen molar-refractivity contribution >= 4 is 76.3 Å². The van der Waals surface area contributed by atoms with Crippen molar-refractivity contribution < 1.29 is 65.2 Å². The summed E-state index contributed by atoms with van der Waals surface area (Å²) in [6, 6.07) is 28.7. The van der Waals surface area contributed by atoms with Crippen molar-refractivity contribution in [1.82, 2.24) is 15.5 Å². The van der Waals surface area contributed by atoms with Crippen LogP contribution in [-0.4, -0.2) is 101 Å². The summed E-state index contributed by atoms with van der Waals surface area (Å²) in [7, 11) is -3.57. The lowest BCUT2D eigenvalue weighted by molar-refractivity contribution is -0.396. The van der Waals surface area contributed by atoms with Crippen LogP contribution in [0, 0.1) is 40.5 Å². The fourth-order valence-electron chi connectivity index (χ4n) is 7.16. The van der Waals surface area contributed by atoms with E-state index in [1.165, 1.54) is 4.90 Å². The number of imide groups is 1. The number of nitro groups is 4. The number of nitrogens with zero attached hydrogens (tertiary/aromatic N) is 5. The molecule has 1 aliphatic heterocycles. The third kappa shape index (κ3) is 18.7. The summed E-state index contributed by atoms with van der Waals surface area (Å²) >= 11 is 0. The largest absolute Gasteiger partial charge is 0.444 e. The summed E-state index contributed by atoms with van der Waals surface area (Å²) in [5, 5.41) is 48.6. The highest BCUT2D eigenvalue weighted by Gasteiger charge is 2.37. The van der Waals surface area contributed by atoms with Gasteiger partial charge in [0.1, 0.15) is 16.1 Å². The molecule has 410 valence electrons. The Morgan fingerprint density at radius 1 is 0.571 bits per heavy atom. The molecule has 28 heteroatoms. The molecule has 0 aromatic heterocycles. The number of non-ortho nitro benzene ring substituents is 2. The van der Waals surface area contributed by atoms with Crippen LogP contribution in [0.5, 0.6) is 0 Å². The van der Waals surface area contributed by atoms with Crippen molar-refractivity contribution in [3.05, 3.63) is 184 Å². The van der Waals surface area contributed by atoms with Crippen LogP contribution < -0.4 is 10.6 Å². The molecule has 0 radical (unpaired) electrons. The van der Waals surface area contributed by atoms with Gasteiger partial charge in [-0.2, -0.15) is 0 Å². The summed E-state index contributed by atoms with van der Waals surface area (Å²) in [5.74, 6) is -1.21. The molecule has 4 amide bonds. The van der Waals surface area contributed by atoms with Crippen LogP contribution in [0.25, 0.3) is 0 Å². The first-order chi connectivity index (χ1) is 35.8. The second-order valence-electron chi connectivity index (χ2n) is 18.7. The molecule has 0 aliphatic carbocycles. The fraction of sp³-hybridized carbons (Fsp3) is 0.306. The molecule has 0 saturated carbocycles. The maximum Gasteiger partial charge on any atom is 0.407 e. The van der Waals surface area contributed by atoms with Crippen molar-refractivity contribution in [2.45, 2.75) is 93.9 Å². The number of fused-ring (bicyclic) bond motifs is 1. The second-order valence-corrected chi connectivity index (χ2v) is 23.3. The van der Waals surface area contributed by atoms with Crippen LogP contribution in [0.15, 0.2) is 131 Å². The van der Waals surface area contributed by atoms with E-state index in [0.29, 0.717) is 36.1 Å². The molecule has 0 unspecified atom stereocenters. The second kappa shape index (κ2) is 25.9. The Morgan fingerprint density at radius 2 is 0.948 bits per heavy atom. The molecule has 0 spiro atoms. The Hall–Kier alpha value is -8.43. The molecule has 5 aromatic carbocycles. The minimum atomic E-state index is -4.31. The number of amides is 4. The van der Waals surface area contributed by atoms with Crippen molar-refractivity contribution in [3.8, 4) is 0 Å². The van der Waals surface area contributed by atoms with E-state index in [1.807, 2.05) is 48.5 Å². The standard InChI is InChI=1S/C22H24N2O4.C21H25N3O8S.C6H3ClN2O6S/c1-22(2,3)28-21(27)23-16(13-15-9-5-4-6-10-15)14-24-19(25)17-11-7-8-12-18(17)20(24)26;1-21(2,3)32-20(25)22-16(13-15-7-5-4-6-8-15)11-12-33(30,31)19-10-9-17(23(26)27)14-18(19)24(28)29;7-16(14,15)6-2-1-4(8(10)11)3-5(6)9(12)13/h4-12,16H,13-14H2,1-3H3,(H,23,27);4-10,14,16H,11-13H2,1-3H3,(H,22,25);1-3H/t2*16-;/m01./s1. The Balaban J connectivity index is 0.000000264. The van der Waals surface area contributed by atoms with E-state index in [4.69, 9.17) is 20.2 Å². The maximum absolute atomic E-state index is 12.9. The topological polar surface area (TPSA) is 355 Å². The molecular formula is C49H52ClN7O18S2. The quantitative estimate of drug-likeness (QED) is 0.0380. The zero-order valence-corrected chi connectivity index (χ0v) is 44.4. The average molecular weight is 1130 g/mol. The number of benzene rings is 5. The first kappa shape index (κ1) is 61.1. The number of halogens is 1. The zero-order chi connectivity index (χ0) is 57.6. The van der Waals surface area contributed by atoms with Crippen LogP contribution in [0.2, 0.25) is 0 Å². The van der Waals surface area contributed by atoms with Crippen LogP contribution >= 0.6 is 10.7 Å². The molecule has 6 rings (SSSR count).